The Morgan fingerprint density at radius 3 is 2.55 bits per heavy atom. The van der Waals surface area contributed by atoms with Crippen LogP contribution in [0.1, 0.15) is 29.7 Å². The molecule has 8 nitrogen and oxygen atoms in total. The summed E-state index contributed by atoms with van der Waals surface area (Å²) in [4.78, 5) is 24.1. The monoisotopic (exact) mass is 582 g/mol. The van der Waals surface area contributed by atoms with Crippen LogP contribution in [0.2, 0.25) is 0 Å². The standard InChI is InChI=1S/C36H34N6O2/c1-23-16-33-38-21-29-20-32(26-7-3-2-4-8-26)34(39-35(29)42(33)40-23)27-12-10-24(11-13-27)22-41-15-14-28(36(43)44)19-31(41)18-25-6-5-9-30(37)17-25/h2-13,16-17,20-21,28,31H,14-15,18-19,22,37H2,1H3,(H,43,44). The Kier molecular flexibility index (Phi) is 7.28. The predicted octanol–water partition coefficient (Wildman–Crippen LogP) is 6.41. The number of rotatable bonds is 7. The predicted molar refractivity (Wildman–Crippen MR) is 173 cm³/mol. The number of likely N-dealkylation sites (tertiary alicyclic amines) is 1. The first-order chi connectivity index (χ1) is 21.4. The zero-order chi connectivity index (χ0) is 30.2. The lowest BCUT2D eigenvalue weighted by molar-refractivity contribution is -0.144. The smallest absolute Gasteiger partial charge is 0.306 e. The quantitative estimate of drug-likeness (QED) is 0.209. The van der Waals surface area contributed by atoms with Gasteiger partial charge in [-0.05, 0) is 67.6 Å². The van der Waals surface area contributed by atoms with Crippen molar-refractivity contribution >= 4 is 28.3 Å². The number of anilines is 1. The molecule has 8 heteroatoms. The average molecular weight is 583 g/mol. The number of aromatic nitrogens is 4. The minimum absolute atomic E-state index is 0.117. The van der Waals surface area contributed by atoms with Gasteiger partial charge in [-0.25, -0.2) is 9.97 Å². The Morgan fingerprint density at radius 1 is 0.955 bits per heavy atom. The van der Waals surface area contributed by atoms with E-state index in [1.54, 1.807) is 0 Å². The fourth-order valence-corrected chi connectivity index (χ4v) is 6.45. The van der Waals surface area contributed by atoms with Gasteiger partial charge in [0.1, 0.15) is 0 Å². The van der Waals surface area contributed by atoms with E-state index < -0.39 is 5.97 Å². The Hall–Kier alpha value is -5.08. The van der Waals surface area contributed by atoms with Crippen molar-refractivity contribution in [2.45, 2.75) is 38.8 Å². The van der Waals surface area contributed by atoms with Crippen LogP contribution < -0.4 is 5.73 Å². The van der Waals surface area contributed by atoms with E-state index in [9.17, 15) is 9.90 Å². The van der Waals surface area contributed by atoms with Crippen molar-refractivity contribution in [2.24, 2.45) is 5.92 Å². The summed E-state index contributed by atoms with van der Waals surface area (Å²) in [6.07, 6.45) is 3.91. The van der Waals surface area contributed by atoms with Crippen LogP contribution in [0.15, 0.2) is 97.2 Å². The van der Waals surface area contributed by atoms with Gasteiger partial charge in [-0.1, -0.05) is 66.7 Å². The molecule has 1 aliphatic rings. The lowest BCUT2D eigenvalue weighted by Gasteiger charge is -2.38. The summed E-state index contributed by atoms with van der Waals surface area (Å²) in [5, 5.41) is 15.3. The van der Waals surface area contributed by atoms with Gasteiger partial charge in [0.15, 0.2) is 11.3 Å². The van der Waals surface area contributed by atoms with Crippen molar-refractivity contribution in [3.05, 3.63) is 114 Å². The van der Waals surface area contributed by atoms with Crippen LogP contribution in [0.3, 0.4) is 0 Å². The van der Waals surface area contributed by atoms with Gasteiger partial charge < -0.3 is 10.8 Å². The van der Waals surface area contributed by atoms with Crippen LogP contribution in [0.4, 0.5) is 5.69 Å². The van der Waals surface area contributed by atoms with Crippen LogP contribution in [-0.4, -0.2) is 48.1 Å². The molecule has 3 aromatic heterocycles. The van der Waals surface area contributed by atoms with Gasteiger partial charge in [0, 0.05) is 47.1 Å². The Labute approximate surface area is 255 Å². The second-order valence-electron chi connectivity index (χ2n) is 11.8. The molecule has 6 aromatic rings. The lowest BCUT2D eigenvalue weighted by atomic mass is 9.87. The van der Waals surface area contributed by atoms with Crippen molar-refractivity contribution in [1.29, 1.82) is 0 Å². The number of fused-ring (bicyclic) bond motifs is 3. The highest BCUT2D eigenvalue weighted by molar-refractivity contribution is 5.90. The van der Waals surface area contributed by atoms with Crippen molar-refractivity contribution in [3.8, 4) is 22.4 Å². The molecule has 2 unspecified atom stereocenters. The summed E-state index contributed by atoms with van der Waals surface area (Å²) < 4.78 is 1.82. The number of carboxylic acids is 1. The van der Waals surface area contributed by atoms with Crippen LogP contribution in [0, 0.1) is 12.8 Å². The van der Waals surface area contributed by atoms with Gasteiger partial charge >= 0.3 is 5.97 Å². The molecule has 0 bridgehead atoms. The highest BCUT2D eigenvalue weighted by atomic mass is 16.4. The normalized spacial score (nSPS) is 17.3. The number of nitrogen functional groups attached to an aromatic ring is 1. The summed E-state index contributed by atoms with van der Waals surface area (Å²) in [7, 11) is 0. The molecule has 4 heterocycles. The number of carboxylic acid groups (broad SMARTS) is 1. The van der Waals surface area contributed by atoms with Crippen molar-refractivity contribution in [2.75, 3.05) is 12.3 Å². The Balaban J connectivity index is 1.21. The topological polar surface area (TPSA) is 110 Å². The number of aliphatic carboxylic acids is 1. The van der Waals surface area contributed by atoms with Crippen molar-refractivity contribution in [3.63, 3.8) is 0 Å². The minimum atomic E-state index is -0.706. The number of aryl methyl sites for hydroxylation is 1. The van der Waals surface area contributed by atoms with Crippen molar-refractivity contribution < 1.29 is 9.90 Å². The van der Waals surface area contributed by atoms with Crippen LogP contribution in [0.5, 0.6) is 0 Å². The maximum absolute atomic E-state index is 11.9. The molecule has 3 aromatic carbocycles. The molecule has 0 radical (unpaired) electrons. The molecule has 44 heavy (non-hydrogen) atoms. The third-order valence-electron chi connectivity index (χ3n) is 8.69. The maximum Gasteiger partial charge on any atom is 0.306 e. The summed E-state index contributed by atoms with van der Waals surface area (Å²) in [6, 6.07) is 31.0. The molecule has 1 fully saturated rings. The number of hydrogen-bond donors (Lipinski definition) is 2. The molecule has 7 rings (SSSR count). The molecule has 0 amide bonds. The zero-order valence-corrected chi connectivity index (χ0v) is 24.6. The maximum atomic E-state index is 11.9. The SMILES string of the molecule is Cc1cc2ncc3cc(-c4ccccc4)c(-c4ccc(CN5CCC(C(=O)O)CC5Cc5cccc(N)c5)cc4)nc3n2n1. The van der Waals surface area contributed by atoms with E-state index in [0.29, 0.717) is 12.8 Å². The fraction of sp³-hybridized carbons (Fsp3) is 0.222. The molecule has 0 saturated carbocycles. The Bertz CT molecular complexity index is 1970. The first-order valence-corrected chi connectivity index (χ1v) is 15.0. The van der Waals surface area contributed by atoms with Gasteiger partial charge in [0.05, 0.1) is 17.3 Å². The highest BCUT2D eigenvalue weighted by Gasteiger charge is 2.32. The fourth-order valence-electron chi connectivity index (χ4n) is 6.45. The number of pyridine rings is 1. The van der Waals surface area contributed by atoms with Gasteiger partial charge in [0.25, 0.3) is 0 Å². The molecule has 220 valence electrons. The van der Waals surface area contributed by atoms with Crippen LogP contribution in [0.25, 0.3) is 39.1 Å². The lowest BCUT2D eigenvalue weighted by Crippen LogP contribution is -2.45. The van der Waals surface area contributed by atoms with Gasteiger partial charge in [-0.15, -0.1) is 0 Å². The summed E-state index contributed by atoms with van der Waals surface area (Å²) >= 11 is 0. The van der Waals surface area contributed by atoms with E-state index in [1.807, 2.05) is 60.1 Å². The first-order valence-electron chi connectivity index (χ1n) is 15.0. The van der Waals surface area contributed by atoms with Crippen LogP contribution >= 0.6 is 0 Å². The minimum Gasteiger partial charge on any atom is -0.481 e. The number of carbonyl (C=O) groups is 1. The molecular weight excluding hydrogens is 548 g/mol. The van der Waals surface area contributed by atoms with Crippen LogP contribution in [-0.2, 0) is 17.8 Å². The molecule has 1 saturated heterocycles. The molecule has 2 atom stereocenters. The number of hydrogen-bond acceptors (Lipinski definition) is 6. The second kappa shape index (κ2) is 11.5. The van der Waals surface area contributed by atoms with E-state index in [-0.39, 0.29) is 12.0 Å². The first kappa shape index (κ1) is 27.7. The molecular formula is C36H34N6O2. The van der Waals surface area contributed by atoms with Gasteiger partial charge in [0.2, 0.25) is 0 Å². The molecule has 0 spiro atoms. The van der Waals surface area contributed by atoms with E-state index in [2.05, 4.69) is 63.5 Å². The highest BCUT2D eigenvalue weighted by Crippen LogP contribution is 2.34. The van der Waals surface area contributed by atoms with Crippen molar-refractivity contribution in [1.82, 2.24) is 24.5 Å². The number of piperidine rings is 1. The van der Waals surface area contributed by atoms with E-state index >= 15 is 0 Å². The Morgan fingerprint density at radius 2 is 1.77 bits per heavy atom. The summed E-state index contributed by atoms with van der Waals surface area (Å²) in [5.41, 5.74) is 15.6. The number of nitrogens with two attached hydrogens (primary N) is 1. The molecule has 3 N–H and O–H groups in total. The summed E-state index contributed by atoms with van der Waals surface area (Å²) in [6.45, 7) is 3.45. The third kappa shape index (κ3) is 5.52. The molecule has 0 aliphatic carbocycles. The van der Waals surface area contributed by atoms with E-state index in [4.69, 9.17) is 10.7 Å². The third-order valence-corrected chi connectivity index (χ3v) is 8.69. The van der Waals surface area contributed by atoms with Gasteiger partial charge in [-0.3, -0.25) is 9.69 Å². The number of nitrogens with zero attached hydrogens (tertiary/aromatic N) is 5. The average Bonchev–Trinajstić information content (AvgIpc) is 3.43. The number of benzene rings is 3. The largest absolute Gasteiger partial charge is 0.481 e. The van der Waals surface area contributed by atoms with E-state index in [0.717, 1.165) is 75.5 Å². The zero-order valence-electron chi connectivity index (χ0n) is 24.6. The molecule has 1 aliphatic heterocycles. The van der Waals surface area contributed by atoms with E-state index in [1.165, 1.54) is 5.56 Å². The van der Waals surface area contributed by atoms with Gasteiger partial charge in [-0.2, -0.15) is 9.61 Å². The summed E-state index contributed by atoms with van der Waals surface area (Å²) in [5.74, 6) is -1.03. The second-order valence-corrected chi connectivity index (χ2v) is 11.8.